The summed E-state index contributed by atoms with van der Waals surface area (Å²) in [5, 5.41) is 3.46. The Bertz CT molecular complexity index is 611. The number of piperazine rings is 1. The van der Waals surface area contributed by atoms with Crippen LogP contribution in [0, 0.1) is 5.82 Å². The van der Waals surface area contributed by atoms with Crippen molar-refractivity contribution in [3.8, 4) is 0 Å². The zero-order valence-corrected chi connectivity index (χ0v) is 11.6. The molecule has 1 aromatic rings. The number of rotatable bonds is 2. The number of nitrogens with one attached hydrogen (secondary N) is 1. The normalized spacial score (nSPS) is 21.7. The summed E-state index contributed by atoms with van der Waals surface area (Å²) < 4.78 is 37.1. The summed E-state index contributed by atoms with van der Waals surface area (Å²) in [7, 11) is -3.35. The molecule has 0 amide bonds. The van der Waals surface area contributed by atoms with E-state index in [0.29, 0.717) is 12.2 Å². The van der Waals surface area contributed by atoms with Gasteiger partial charge >= 0.3 is 0 Å². The molecule has 6 heteroatoms. The quantitative estimate of drug-likeness (QED) is 0.828. The largest absolute Gasteiger partial charge is 0.367 e. The zero-order chi connectivity index (χ0) is 13.7. The molecule has 104 valence electrons. The van der Waals surface area contributed by atoms with E-state index in [1.54, 1.807) is 0 Å². The molecule has 0 unspecified atom stereocenters. The van der Waals surface area contributed by atoms with Crippen molar-refractivity contribution in [2.75, 3.05) is 30.8 Å². The highest BCUT2D eigenvalue weighted by Crippen LogP contribution is 2.39. The maximum absolute atomic E-state index is 13.5. The molecule has 2 fully saturated rings. The van der Waals surface area contributed by atoms with Gasteiger partial charge in [0.2, 0.25) is 0 Å². The first-order chi connectivity index (χ1) is 8.90. The summed E-state index contributed by atoms with van der Waals surface area (Å²) in [6, 6.07) is 3.90. The van der Waals surface area contributed by atoms with Crippen LogP contribution in [-0.2, 0) is 9.84 Å². The molecular formula is C13H17FN2O2S. The minimum Gasteiger partial charge on any atom is -0.367 e. The van der Waals surface area contributed by atoms with Gasteiger partial charge in [-0.1, -0.05) is 0 Å². The molecule has 1 saturated heterocycles. The Labute approximate surface area is 112 Å². The first kappa shape index (κ1) is 12.9. The van der Waals surface area contributed by atoms with Gasteiger partial charge in [-0.2, -0.15) is 0 Å². The van der Waals surface area contributed by atoms with Gasteiger partial charge in [0.05, 0.1) is 10.6 Å². The van der Waals surface area contributed by atoms with Crippen molar-refractivity contribution in [2.45, 2.75) is 23.3 Å². The minimum atomic E-state index is -3.35. The van der Waals surface area contributed by atoms with E-state index in [4.69, 9.17) is 0 Å². The second kappa shape index (κ2) is 4.18. The van der Waals surface area contributed by atoms with Crippen LogP contribution in [0.2, 0.25) is 0 Å². The van der Waals surface area contributed by atoms with Gasteiger partial charge in [-0.05, 0) is 31.0 Å². The maximum atomic E-state index is 13.5. The van der Waals surface area contributed by atoms with Crippen LogP contribution < -0.4 is 10.2 Å². The Kier molecular flexibility index (Phi) is 2.83. The summed E-state index contributed by atoms with van der Waals surface area (Å²) in [4.78, 5) is 2.20. The average molecular weight is 284 g/mol. The lowest BCUT2D eigenvalue weighted by Gasteiger charge is -2.36. The molecule has 1 N–H and O–H groups in total. The van der Waals surface area contributed by atoms with Crippen molar-refractivity contribution >= 4 is 15.5 Å². The van der Waals surface area contributed by atoms with Crippen molar-refractivity contribution < 1.29 is 12.8 Å². The second-order valence-electron chi connectivity index (χ2n) is 5.51. The monoisotopic (exact) mass is 284 g/mol. The predicted octanol–water partition coefficient (Wildman–Crippen LogP) is 1.17. The van der Waals surface area contributed by atoms with E-state index in [-0.39, 0.29) is 10.4 Å². The number of sulfone groups is 1. The summed E-state index contributed by atoms with van der Waals surface area (Å²) in [6.07, 6.45) is 3.37. The van der Waals surface area contributed by atoms with Crippen LogP contribution in [-0.4, -0.2) is 39.8 Å². The van der Waals surface area contributed by atoms with E-state index in [2.05, 4.69) is 5.32 Å². The molecule has 1 aliphatic heterocycles. The van der Waals surface area contributed by atoms with Gasteiger partial charge in [-0.15, -0.1) is 0 Å². The van der Waals surface area contributed by atoms with Crippen LogP contribution in [0.15, 0.2) is 23.1 Å². The van der Waals surface area contributed by atoms with Crippen LogP contribution in [0.3, 0.4) is 0 Å². The smallest absolute Gasteiger partial charge is 0.177 e. The van der Waals surface area contributed by atoms with Gasteiger partial charge in [-0.3, -0.25) is 0 Å². The molecule has 1 aromatic carbocycles. The Balaban J connectivity index is 2.01. The Morgan fingerprint density at radius 3 is 2.74 bits per heavy atom. The zero-order valence-electron chi connectivity index (χ0n) is 10.8. The number of anilines is 1. The average Bonchev–Trinajstić information content (AvgIpc) is 3.07. The molecule has 1 spiro atoms. The highest BCUT2D eigenvalue weighted by Gasteiger charge is 2.46. The molecule has 0 bridgehead atoms. The van der Waals surface area contributed by atoms with Gasteiger partial charge in [0, 0.05) is 31.4 Å². The van der Waals surface area contributed by atoms with E-state index in [0.717, 1.165) is 25.9 Å². The van der Waals surface area contributed by atoms with Crippen molar-refractivity contribution in [1.29, 1.82) is 0 Å². The van der Waals surface area contributed by atoms with Gasteiger partial charge in [-0.25, -0.2) is 12.8 Å². The van der Waals surface area contributed by atoms with Gasteiger partial charge in [0.1, 0.15) is 5.82 Å². The van der Waals surface area contributed by atoms with E-state index < -0.39 is 15.7 Å². The lowest BCUT2D eigenvalue weighted by Crippen LogP contribution is -2.52. The van der Waals surface area contributed by atoms with E-state index in [1.165, 1.54) is 24.5 Å². The summed E-state index contributed by atoms with van der Waals surface area (Å²) in [5.74, 6) is -0.397. The van der Waals surface area contributed by atoms with Gasteiger partial charge in [0.15, 0.2) is 9.84 Å². The highest BCUT2D eigenvalue weighted by molar-refractivity contribution is 7.90. The molecule has 1 saturated carbocycles. The summed E-state index contributed by atoms with van der Waals surface area (Å²) in [6.45, 7) is 2.26. The lowest BCUT2D eigenvalue weighted by atomic mass is 10.1. The maximum Gasteiger partial charge on any atom is 0.177 e. The molecule has 2 aliphatic rings. The summed E-state index contributed by atoms with van der Waals surface area (Å²) in [5.41, 5.74) is 0.620. The number of benzene rings is 1. The fourth-order valence-electron chi connectivity index (χ4n) is 2.70. The summed E-state index contributed by atoms with van der Waals surface area (Å²) >= 11 is 0. The van der Waals surface area contributed by atoms with E-state index >= 15 is 0 Å². The third kappa shape index (κ3) is 2.47. The second-order valence-corrected chi connectivity index (χ2v) is 7.50. The SMILES string of the molecule is CS(=O)(=O)c1ccc(F)cc1N1CCNC2(CC2)C1. The van der Waals surface area contributed by atoms with Crippen molar-refractivity contribution in [1.82, 2.24) is 5.32 Å². The first-order valence-electron chi connectivity index (χ1n) is 6.39. The third-order valence-corrected chi connectivity index (χ3v) is 5.03. The molecule has 1 aliphatic carbocycles. The van der Waals surface area contributed by atoms with Gasteiger partial charge < -0.3 is 10.2 Å². The molecule has 4 nitrogen and oxygen atoms in total. The molecule has 0 atom stereocenters. The molecule has 1 heterocycles. The number of hydrogen-bond acceptors (Lipinski definition) is 4. The Morgan fingerprint density at radius 2 is 2.11 bits per heavy atom. The van der Waals surface area contributed by atoms with Crippen molar-refractivity contribution in [2.24, 2.45) is 0 Å². The topological polar surface area (TPSA) is 49.4 Å². The van der Waals surface area contributed by atoms with Crippen LogP contribution in [0.25, 0.3) is 0 Å². The Hall–Kier alpha value is -1.14. The van der Waals surface area contributed by atoms with Crippen molar-refractivity contribution in [3.05, 3.63) is 24.0 Å². The first-order valence-corrected chi connectivity index (χ1v) is 8.28. The highest BCUT2D eigenvalue weighted by atomic mass is 32.2. The lowest BCUT2D eigenvalue weighted by molar-refractivity contribution is 0.440. The minimum absolute atomic E-state index is 0.124. The van der Waals surface area contributed by atoms with Crippen LogP contribution >= 0.6 is 0 Å². The standard InChI is InChI=1S/C13H17FN2O2S/c1-19(17,18)12-3-2-10(14)8-11(12)16-7-6-15-13(9-16)4-5-13/h2-3,8,15H,4-7,9H2,1H3. The molecule has 19 heavy (non-hydrogen) atoms. The predicted molar refractivity (Wildman–Crippen MR) is 71.7 cm³/mol. The van der Waals surface area contributed by atoms with Crippen LogP contribution in [0.5, 0.6) is 0 Å². The molecular weight excluding hydrogens is 267 g/mol. The third-order valence-electron chi connectivity index (χ3n) is 3.89. The molecule has 0 aromatic heterocycles. The number of hydrogen-bond donors (Lipinski definition) is 1. The number of halogens is 1. The molecule has 3 rings (SSSR count). The van der Waals surface area contributed by atoms with Crippen LogP contribution in [0.4, 0.5) is 10.1 Å². The van der Waals surface area contributed by atoms with Gasteiger partial charge in [0.25, 0.3) is 0 Å². The Morgan fingerprint density at radius 1 is 1.37 bits per heavy atom. The van der Waals surface area contributed by atoms with Crippen molar-refractivity contribution in [3.63, 3.8) is 0 Å². The van der Waals surface area contributed by atoms with E-state index in [9.17, 15) is 12.8 Å². The fourth-order valence-corrected chi connectivity index (χ4v) is 3.58. The van der Waals surface area contributed by atoms with Crippen LogP contribution in [0.1, 0.15) is 12.8 Å². The molecule has 0 radical (unpaired) electrons. The fraction of sp³-hybridized carbons (Fsp3) is 0.538. The number of nitrogens with zero attached hydrogens (tertiary/aromatic N) is 1. The van der Waals surface area contributed by atoms with E-state index in [1.807, 2.05) is 4.90 Å².